The number of carbonyl (C=O) groups excluding carboxylic acids is 1. The maximum absolute atomic E-state index is 12.0. The number of nitrogens with zero attached hydrogens (tertiary/aromatic N) is 1. The van der Waals surface area contributed by atoms with E-state index in [1.165, 1.54) is 12.8 Å². The summed E-state index contributed by atoms with van der Waals surface area (Å²) in [6, 6.07) is 8.45. The van der Waals surface area contributed by atoms with Gasteiger partial charge in [0.2, 0.25) is 0 Å². The Bertz CT molecular complexity index is 369. The SMILES string of the molecule is Cc1ccccc1C(=O)CN(C)C1CC1. The van der Waals surface area contributed by atoms with Crippen molar-refractivity contribution >= 4 is 5.78 Å². The van der Waals surface area contributed by atoms with Crippen LogP contribution in [0, 0.1) is 6.92 Å². The second-order valence-electron chi connectivity index (χ2n) is 4.38. The van der Waals surface area contributed by atoms with Crippen LogP contribution in [0.3, 0.4) is 0 Å². The van der Waals surface area contributed by atoms with E-state index in [2.05, 4.69) is 4.90 Å². The van der Waals surface area contributed by atoms with Crippen LogP contribution in [0.4, 0.5) is 0 Å². The minimum Gasteiger partial charge on any atom is -0.296 e. The van der Waals surface area contributed by atoms with Crippen molar-refractivity contribution in [1.29, 1.82) is 0 Å². The number of Topliss-reactive ketones (excluding diaryl/α,β-unsaturated/α-hetero) is 1. The molecule has 0 aliphatic heterocycles. The molecule has 0 unspecified atom stereocenters. The number of ketones is 1. The highest BCUT2D eigenvalue weighted by Crippen LogP contribution is 2.25. The van der Waals surface area contributed by atoms with Crippen LogP contribution in [0.1, 0.15) is 28.8 Å². The number of benzene rings is 1. The summed E-state index contributed by atoms with van der Waals surface area (Å²) < 4.78 is 0. The first-order chi connectivity index (χ1) is 7.18. The fraction of sp³-hybridized carbons (Fsp3) is 0.462. The highest BCUT2D eigenvalue weighted by Gasteiger charge is 2.27. The summed E-state index contributed by atoms with van der Waals surface area (Å²) >= 11 is 0. The molecule has 1 aromatic rings. The molecule has 80 valence electrons. The molecule has 2 rings (SSSR count). The van der Waals surface area contributed by atoms with Crippen molar-refractivity contribution in [3.05, 3.63) is 35.4 Å². The molecular formula is C13H17NO. The molecule has 2 heteroatoms. The van der Waals surface area contributed by atoms with Crippen LogP contribution < -0.4 is 0 Å². The molecule has 15 heavy (non-hydrogen) atoms. The topological polar surface area (TPSA) is 20.3 Å². The number of hydrogen-bond donors (Lipinski definition) is 0. The van der Waals surface area contributed by atoms with Gasteiger partial charge in [0.15, 0.2) is 5.78 Å². The van der Waals surface area contributed by atoms with Crippen molar-refractivity contribution in [2.75, 3.05) is 13.6 Å². The lowest BCUT2D eigenvalue weighted by Gasteiger charge is -2.15. The van der Waals surface area contributed by atoms with Gasteiger partial charge in [-0.25, -0.2) is 0 Å². The Morgan fingerprint density at radius 3 is 2.67 bits per heavy atom. The fourth-order valence-corrected chi connectivity index (χ4v) is 1.84. The lowest BCUT2D eigenvalue weighted by Crippen LogP contribution is -2.28. The molecule has 0 heterocycles. The summed E-state index contributed by atoms with van der Waals surface area (Å²) in [4.78, 5) is 14.1. The van der Waals surface area contributed by atoms with E-state index in [9.17, 15) is 4.79 Å². The van der Waals surface area contributed by atoms with Gasteiger partial charge in [0.05, 0.1) is 6.54 Å². The zero-order chi connectivity index (χ0) is 10.8. The van der Waals surface area contributed by atoms with Gasteiger partial charge in [-0.2, -0.15) is 0 Å². The Morgan fingerprint density at radius 2 is 2.07 bits per heavy atom. The Morgan fingerprint density at radius 1 is 1.40 bits per heavy atom. The molecule has 0 saturated heterocycles. The molecule has 1 fully saturated rings. The lowest BCUT2D eigenvalue weighted by atomic mass is 10.0. The second-order valence-corrected chi connectivity index (χ2v) is 4.38. The van der Waals surface area contributed by atoms with Crippen LogP contribution in [0.15, 0.2) is 24.3 Å². The molecule has 1 aliphatic carbocycles. The Hall–Kier alpha value is -1.15. The van der Waals surface area contributed by atoms with E-state index in [0.29, 0.717) is 12.6 Å². The van der Waals surface area contributed by atoms with E-state index in [-0.39, 0.29) is 5.78 Å². The Kier molecular flexibility index (Phi) is 2.87. The fourth-order valence-electron chi connectivity index (χ4n) is 1.84. The molecule has 2 nitrogen and oxygen atoms in total. The van der Waals surface area contributed by atoms with E-state index in [1.54, 1.807) is 0 Å². The quantitative estimate of drug-likeness (QED) is 0.700. The van der Waals surface area contributed by atoms with Gasteiger partial charge in [0, 0.05) is 11.6 Å². The normalized spacial score (nSPS) is 15.7. The van der Waals surface area contributed by atoms with Gasteiger partial charge in [-0.3, -0.25) is 9.69 Å². The van der Waals surface area contributed by atoms with Gasteiger partial charge >= 0.3 is 0 Å². The Labute approximate surface area is 90.9 Å². The lowest BCUT2D eigenvalue weighted by molar-refractivity contribution is 0.0941. The van der Waals surface area contributed by atoms with Gasteiger partial charge in [-0.05, 0) is 32.4 Å². The first-order valence-electron chi connectivity index (χ1n) is 5.47. The minimum absolute atomic E-state index is 0.238. The van der Waals surface area contributed by atoms with Gasteiger partial charge in [0.1, 0.15) is 0 Å². The van der Waals surface area contributed by atoms with Gasteiger partial charge in [-0.1, -0.05) is 24.3 Å². The summed E-state index contributed by atoms with van der Waals surface area (Å²) in [7, 11) is 2.04. The van der Waals surface area contributed by atoms with Crippen LogP contribution in [0.5, 0.6) is 0 Å². The molecule has 0 spiro atoms. The molecule has 1 aliphatic rings. The zero-order valence-electron chi connectivity index (χ0n) is 9.36. The van der Waals surface area contributed by atoms with E-state index in [0.717, 1.165) is 11.1 Å². The van der Waals surface area contributed by atoms with Crippen LogP contribution in [-0.4, -0.2) is 30.3 Å². The Balaban J connectivity index is 2.04. The van der Waals surface area contributed by atoms with Gasteiger partial charge < -0.3 is 0 Å². The number of hydrogen-bond acceptors (Lipinski definition) is 2. The molecule has 0 radical (unpaired) electrons. The standard InChI is InChI=1S/C13H17NO/c1-10-5-3-4-6-12(10)13(15)9-14(2)11-7-8-11/h3-6,11H,7-9H2,1-2H3. The molecule has 0 bridgehead atoms. The summed E-state index contributed by atoms with van der Waals surface area (Å²) in [5.41, 5.74) is 1.94. The van der Waals surface area contributed by atoms with Crippen LogP contribution >= 0.6 is 0 Å². The molecule has 0 atom stereocenters. The summed E-state index contributed by atoms with van der Waals surface area (Å²) in [6.07, 6.45) is 2.50. The van der Waals surface area contributed by atoms with Crippen molar-refractivity contribution in [3.8, 4) is 0 Å². The van der Waals surface area contributed by atoms with E-state index in [4.69, 9.17) is 0 Å². The van der Waals surface area contributed by atoms with Crippen molar-refractivity contribution < 1.29 is 4.79 Å². The first-order valence-corrected chi connectivity index (χ1v) is 5.47. The number of likely N-dealkylation sites (N-methyl/N-ethyl adjacent to an activating group) is 1. The minimum atomic E-state index is 0.238. The van der Waals surface area contributed by atoms with Crippen molar-refractivity contribution in [2.24, 2.45) is 0 Å². The smallest absolute Gasteiger partial charge is 0.177 e. The predicted molar refractivity (Wildman–Crippen MR) is 61.2 cm³/mol. The number of carbonyl (C=O) groups is 1. The molecular weight excluding hydrogens is 186 g/mol. The highest BCUT2D eigenvalue weighted by atomic mass is 16.1. The zero-order valence-corrected chi connectivity index (χ0v) is 9.36. The van der Waals surface area contributed by atoms with Crippen molar-refractivity contribution in [2.45, 2.75) is 25.8 Å². The molecule has 0 amide bonds. The third kappa shape index (κ3) is 2.45. The highest BCUT2D eigenvalue weighted by molar-refractivity contribution is 5.98. The monoisotopic (exact) mass is 203 g/mol. The molecule has 0 N–H and O–H groups in total. The summed E-state index contributed by atoms with van der Waals surface area (Å²) in [6.45, 7) is 2.54. The van der Waals surface area contributed by atoms with E-state index < -0.39 is 0 Å². The van der Waals surface area contributed by atoms with Crippen molar-refractivity contribution in [3.63, 3.8) is 0 Å². The average Bonchev–Trinajstić information content (AvgIpc) is 3.01. The van der Waals surface area contributed by atoms with Gasteiger partial charge in [0.25, 0.3) is 0 Å². The maximum Gasteiger partial charge on any atom is 0.177 e. The van der Waals surface area contributed by atoms with E-state index in [1.807, 2.05) is 38.2 Å². The first kappa shape index (κ1) is 10.4. The average molecular weight is 203 g/mol. The van der Waals surface area contributed by atoms with Crippen molar-refractivity contribution in [1.82, 2.24) is 4.90 Å². The largest absolute Gasteiger partial charge is 0.296 e. The summed E-state index contributed by atoms with van der Waals surface area (Å²) in [5, 5.41) is 0. The number of aryl methyl sites for hydroxylation is 1. The number of rotatable bonds is 4. The van der Waals surface area contributed by atoms with E-state index >= 15 is 0 Å². The maximum atomic E-state index is 12.0. The van der Waals surface area contributed by atoms with Crippen LogP contribution in [0.2, 0.25) is 0 Å². The van der Waals surface area contributed by atoms with Crippen LogP contribution in [-0.2, 0) is 0 Å². The molecule has 1 saturated carbocycles. The second kappa shape index (κ2) is 4.15. The molecule has 1 aromatic carbocycles. The molecule has 0 aromatic heterocycles. The summed E-state index contributed by atoms with van der Waals surface area (Å²) in [5.74, 6) is 0.238. The predicted octanol–water partition coefficient (Wildman–Crippen LogP) is 2.27. The van der Waals surface area contributed by atoms with Gasteiger partial charge in [-0.15, -0.1) is 0 Å². The third-order valence-electron chi connectivity index (χ3n) is 3.01. The third-order valence-corrected chi connectivity index (χ3v) is 3.01. The van der Waals surface area contributed by atoms with Crippen LogP contribution in [0.25, 0.3) is 0 Å².